The minimum atomic E-state index is -3.68. The van der Waals surface area contributed by atoms with E-state index in [0.29, 0.717) is 16.3 Å². The van der Waals surface area contributed by atoms with Crippen molar-refractivity contribution in [2.75, 3.05) is 22.4 Å². The van der Waals surface area contributed by atoms with Gasteiger partial charge in [0, 0.05) is 11.1 Å². The number of halogens is 1. The summed E-state index contributed by atoms with van der Waals surface area (Å²) in [6, 6.07) is 11.0. The monoisotopic (exact) mass is 451 g/mol. The molecule has 0 saturated heterocycles. The van der Waals surface area contributed by atoms with E-state index in [1.54, 1.807) is 30.3 Å². The molecule has 0 aromatic heterocycles. The van der Waals surface area contributed by atoms with Crippen LogP contribution in [0.5, 0.6) is 5.75 Å². The zero-order valence-electron chi connectivity index (χ0n) is 16.7. The lowest BCUT2D eigenvalue weighted by atomic mass is 10.1. The number of fused-ring (bicyclic) bond motifs is 1. The van der Waals surface area contributed by atoms with Gasteiger partial charge in [-0.25, -0.2) is 8.42 Å². The van der Waals surface area contributed by atoms with Crippen molar-refractivity contribution in [3.8, 4) is 5.75 Å². The van der Waals surface area contributed by atoms with Crippen molar-refractivity contribution in [3.63, 3.8) is 0 Å². The molecule has 0 radical (unpaired) electrons. The van der Waals surface area contributed by atoms with Crippen LogP contribution in [-0.2, 0) is 14.8 Å². The van der Waals surface area contributed by atoms with Gasteiger partial charge in [-0.15, -0.1) is 0 Å². The van der Waals surface area contributed by atoms with Crippen molar-refractivity contribution >= 4 is 44.8 Å². The highest BCUT2D eigenvalue weighted by Crippen LogP contribution is 2.37. The highest BCUT2D eigenvalue weighted by atomic mass is 35.5. The quantitative estimate of drug-likeness (QED) is 0.727. The molecule has 2 amide bonds. The molecule has 3 rings (SSSR count). The molecular formula is C20H22ClN3O5S. The smallest absolute Gasteiger partial charge is 0.267 e. The summed E-state index contributed by atoms with van der Waals surface area (Å²) in [6.07, 6.45) is -0.0709. The minimum absolute atomic E-state index is 0.0745. The van der Waals surface area contributed by atoms with Gasteiger partial charge in [0.05, 0.1) is 29.7 Å². The molecule has 2 aromatic carbocycles. The Hall–Kier alpha value is -2.78. The standard InChI is InChI=1S/C20H22ClN3O5S/c1-12(2)22-19(25)14-6-4-5-7-15(14)23-20(26)18-11-24(30(3,27)28)16-10-13(21)8-9-17(16)29-18/h4-10,12,18H,11H2,1-3H3,(H,22,25)(H,23,26)/t18-/m0/s1. The zero-order chi connectivity index (χ0) is 22.1. The third kappa shape index (κ3) is 4.85. The minimum Gasteiger partial charge on any atom is -0.476 e. The van der Waals surface area contributed by atoms with Crippen molar-refractivity contribution < 1.29 is 22.7 Å². The Morgan fingerprint density at radius 1 is 1.20 bits per heavy atom. The summed E-state index contributed by atoms with van der Waals surface area (Å²) in [5.41, 5.74) is 0.866. The van der Waals surface area contributed by atoms with Crippen LogP contribution in [0.1, 0.15) is 24.2 Å². The number of hydrogen-bond acceptors (Lipinski definition) is 5. The molecule has 30 heavy (non-hydrogen) atoms. The van der Waals surface area contributed by atoms with E-state index < -0.39 is 22.0 Å². The number of rotatable bonds is 5. The van der Waals surface area contributed by atoms with Gasteiger partial charge >= 0.3 is 0 Å². The fourth-order valence-electron chi connectivity index (χ4n) is 3.02. The van der Waals surface area contributed by atoms with Gasteiger partial charge in [0.15, 0.2) is 6.10 Å². The van der Waals surface area contributed by atoms with Gasteiger partial charge in [-0.3, -0.25) is 13.9 Å². The number of benzene rings is 2. The maximum absolute atomic E-state index is 12.9. The van der Waals surface area contributed by atoms with Gasteiger partial charge in [0.2, 0.25) is 10.0 Å². The first kappa shape index (κ1) is 21.9. The molecular weight excluding hydrogens is 430 g/mol. The van der Waals surface area contributed by atoms with Crippen LogP contribution in [0.4, 0.5) is 11.4 Å². The Morgan fingerprint density at radius 2 is 1.90 bits per heavy atom. The zero-order valence-corrected chi connectivity index (χ0v) is 18.3. The van der Waals surface area contributed by atoms with E-state index in [1.165, 1.54) is 12.1 Å². The molecule has 2 aromatic rings. The highest BCUT2D eigenvalue weighted by molar-refractivity contribution is 7.92. The number of para-hydroxylation sites is 1. The predicted molar refractivity (Wildman–Crippen MR) is 116 cm³/mol. The maximum Gasteiger partial charge on any atom is 0.267 e. The fraction of sp³-hybridized carbons (Fsp3) is 0.300. The van der Waals surface area contributed by atoms with Crippen LogP contribution in [0.3, 0.4) is 0 Å². The molecule has 0 aliphatic carbocycles. The lowest BCUT2D eigenvalue weighted by Crippen LogP contribution is -2.48. The number of amides is 2. The van der Waals surface area contributed by atoms with Gasteiger partial charge in [0.1, 0.15) is 5.75 Å². The molecule has 1 heterocycles. The molecule has 0 spiro atoms. The van der Waals surface area contributed by atoms with Crippen LogP contribution in [0.25, 0.3) is 0 Å². The van der Waals surface area contributed by atoms with E-state index >= 15 is 0 Å². The fourth-order valence-corrected chi connectivity index (χ4v) is 4.09. The topological polar surface area (TPSA) is 105 Å². The Labute approximate surface area is 180 Å². The van der Waals surface area contributed by atoms with E-state index in [9.17, 15) is 18.0 Å². The summed E-state index contributed by atoms with van der Waals surface area (Å²) in [6.45, 7) is 3.44. The molecule has 0 bridgehead atoms. The van der Waals surface area contributed by atoms with Gasteiger partial charge in [-0.05, 0) is 44.2 Å². The van der Waals surface area contributed by atoms with Crippen molar-refractivity contribution in [1.29, 1.82) is 0 Å². The lowest BCUT2D eigenvalue weighted by molar-refractivity contribution is -0.122. The summed E-state index contributed by atoms with van der Waals surface area (Å²) in [4.78, 5) is 25.3. The number of ether oxygens (including phenoxy) is 1. The molecule has 8 nitrogen and oxygen atoms in total. The number of nitrogens with one attached hydrogen (secondary N) is 2. The highest BCUT2D eigenvalue weighted by Gasteiger charge is 2.35. The van der Waals surface area contributed by atoms with Gasteiger partial charge in [-0.2, -0.15) is 0 Å². The van der Waals surface area contributed by atoms with E-state index in [-0.39, 0.29) is 29.9 Å². The number of sulfonamides is 1. The van der Waals surface area contributed by atoms with Crippen LogP contribution in [0.15, 0.2) is 42.5 Å². The molecule has 1 aliphatic heterocycles. The van der Waals surface area contributed by atoms with E-state index in [4.69, 9.17) is 16.3 Å². The normalized spacial score (nSPS) is 15.9. The first-order chi connectivity index (χ1) is 14.1. The summed E-state index contributed by atoms with van der Waals surface area (Å²) >= 11 is 5.99. The lowest BCUT2D eigenvalue weighted by Gasteiger charge is -2.34. The van der Waals surface area contributed by atoms with E-state index in [2.05, 4.69) is 10.6 Å². The first-order valence-electron chi connectivity index (χ1n) is 9.21. The van der Waals surface area contributed by atoms with Crippen LogP contribution in [-0.4, -0.2) is 45.2 Å². The number of hydrogen-bond donors (Lipinski definition) is 2. The van der Waals surface area contributed by atoms with Crippen molar-refractivity contribution in [3.05, 3.63) is 53.1 Å². The van der Waals surface area contributed by atoms with E-state index in [1.807, 2.05) is 13.8 Å². The molecule has 160 valence electrons. The van der Waals surface area contributed by atoms with Gasteiger partial charge in [-0.1, -0.05) is 23.7 Å². The van der Waals surface area contributed by atoms with Crippen molar-refractivity contribution in [2.24, 2.45) is 0 Å². The number of nitrogens with zero attached hydrogens (tertiary/aromatic N) is 1. The molecule has 2 N–H and O–H groups in total. The predicted octanol–water partition coefficient (Wildman–Crippen LogP) is 2.64. The molecule has 0 unspecified atom stereocenters. The van der Waals surface area contributed by atoms with E-state index in [0.717, 1.165) is 10.6 Å². The second kappa shape index (κ2) is 8.53. The Balaban J connectivity index is 1.87. The molecule has 0 saturated carbocycles. The molecule has 1 aliphatic rings. The molecule has 0 fully saturated rings. The van der Waals surface area contributed by atoms with Crippen molar-refractivity contribution in [1.82, 2.24) is 5.32 Å². The second-order valence-corrected chi connectivity index (χ2v) is 9.52. The Morgan fingerprint density at radius 3 is 2.57 bits per heavy atom. The van der Waals surface area contributed by atoms with Crippen LogP contribution >= 0.6 is 11.6 Å². The van der Waals surface area contributed by atoms with Crippen LogP contribution in [0.2, 0.25) is 5.02 Å². The van der Waals surface area contributed by atoms with Crippen molar-refractivity contribution in [2.45, 2.75) is 26.0 Å². The largest absolute Gasteiger partial charge is 0.476 e. The SMILES string of the molecule is CC(C)NC(=O)c1ccccc1NC(=O)[C@@H]1CN(S(C)(=O)=O)c2cc(Cl)ccc2O1. The summed E-state index contributed by atoms with van der Waals surface area (Å²) < 4.78 is 31.4. The average molecular weight is 452 g/mol. The molecule has 1 atom stereocenters. The van der Waals surface area contributed by atoms with Crippen LogP contribution < -0.4 is 19.7 Å². The second-order valence-electron chi connectivity index (χ2n) is 7.18. The third-order valence-corrected chi connectivity index (χ3v) is 5.71. The maximum atomic E-state index is 12.9. The van der Waals surface area contributed by atoms with Gasteiger partial charge < -0.3 is 15.4 Å². The number of carbonyl (C=O) groups excluding carboxylic acids is 2. The summed E-state index contributed by atoms with van der Waals surface area (Å²) in [5, 5.41) is 5.80. The summed E-state index contributed by atoms with van der Waals surface area (Å²) in [7, 11) is -3.68. The Bertz CT molecular complexity index is 1090. The molecule has 10 heteroatoms. The first-order valence-corrected chi connectivity index (χ1v) is 11.4. The average Bonchev–Trinajstić information content (AvgIpc) is 2.66. The van der Waals surface area contributed by atoms with Gasteiger partial charge in [0.25, 0.3) is 11.8 Å². The number of carbonyl (C=O) groups is 2. The van der Waals surface area contributed by atoms with Crippen LogP contribution in [0, 0.1) is 0 Å². The summed E-state index contributed by atoms with van der Waals surface area (Å²) in [5.74, 6) is -0.681. The number of anilines is 2. The Kier molecular flexibility index (Phi) is 6.23. The third-order valence-electron chi connectivity index (χ3n) is 4.33.